The normalized spacial score (nSPS) is 12.1. The van der Waals surface area contributed by atoms with Crippen LogP contribution in [0.3, 0.4) is 0 Å². The molecule has 0 aliphatic heterocycles. The lowest BCUT2D eigenvalue weighted by Crippen LogP contribution is -1.95. The van der Waals surface area contributed by atoms with Crippen molar-refractivity contribution in [1.29, 1.82) is 0 Å². The Kier molecular flexibility index (Phi) is 5.38. The second-order valence-corrected chi connectivity index (χ2v) is 12.9. The molecule has 0 bridgehead atoms. The topological polar surface area (TPSA) is 23.0 Å². The van der Waals surface area contributed by atoms with E-state index < -0.39 is 0 Å². The first-order valence-corrected chi connectivity index (χ1v) is 16.8. The molecular formula is C46H28N2O. The molecule has 0 saturated heterocycles. The van der Waals surface area contributed by atoms with Gasteiger partial charge in [0, 0.05) is 38.3 Å². The van der Waals surface area contributed by atoms with Crippen LogP contribution in [0.2, 0.25) is 0 Å². The molecule has 8 aromatic carbocycles. The van der Waals surface area contributed by atoms with Crippen molar-refractivity contribution in [1.82, 2.24) is 9.13 Å². The summed E-state index contributed by atoms with van der Waals surface area (Å²) in [6.45, 7) is 0. The maximum Gasteiger partial charge on any atom is 0.145 e. The first kappa shape index (κ1) is 26.5. The summed E-state index contributed by atoms with van der Waals surface area (Å²) in [5, 5.41) is 9.50. The van der Waals surface area contributed by atoms with Crippen LogP contribution in [0.4, 0.5) is 0 Å². The molecule has 11 aromatic rings. The summed E-state index contributed by atoms with van der Waals surface area (Å²) in [7, 11) is 0. The van der Waals surface area contributed by atoms with E-state index in [4.69, 9.17) is 4.42 Å². The molecule has 3 nitrogen and oxygen atoms in total. The number of rotatable bonds is 3. The van der Waals surface area contributed by atoms with Crippen LogP contribution in [0.1, 0.15) is 0 Å². The number of hydrogen-bond acceptors (Lipinski definition) is 1. The number of furan rings is 1. The Hall–Kier alpha value is -6.58. The highest BCUT2D eigenvalue weighted by Crippen LogP contribution is 2.45. The number of aromatic nitrogens is 2. The van der Waals surface area contributed by atoms with Gasteiger partial charge in [0.15, 0.2) is 0 Å². The number of nitrogens with zero attached hydrogens (tertiary/aromatic N) is 2. The van der Waals surface area contributed by atoms with Crippen LogP contribution in [0.25, 0.3) is 98.8 Å². The van der Waals surface area contributed by atoms with Crippen molar-refractivity contribution >= 4 is 76.3 Å². The van der Waals surface area contributed by atoms with Crippen LogP contribution in [-0.4, -0.2) is 9.13 Å². The van der Waals surface area contributed by atoms with E-state index in [0.717, 1.165) is 44.2 Å². The standard InChI is InChI=1S/C46H28N2O/c1-2-10-29(11-3-1)31-18-21-33(22-19-31)47-39-16-8-6-15-37(39)43-40(47)27-25-38-44-41(26-24-36-35-14-7-9-17-42(35)49-46(36)44)48(45(38)43)34-23-20-30-12-4-5-13-32(30)28-34/h1-28H. The van der Waals surface area contributed by atoms with Crippen molar-refractivity contribution in [2.24, 2.45) is 0 Å². The molecule has 0 aliphatic rings. The molecule has 0 amide bonds. The van der Waals surface area contributed by atoms with Crippen LogP contribution in [0.5, 0.6) is 0 Å². The molecule has 0 saturated carbocycles. The lowest BCUT2D eigenvalue weighted by atomic mass is 10.1. The van der Waals surface area contributed by atoms with Crippen molar-refractivity contribution in [3.63, 3.8) is 0 Å². The van der Waals surface area contributed by atoms with Crippen molar-refractivity contribution in [3.05, 3.63) is 170 Å². The van der Waals surface area contributed by atoms with Crippen molar-refractivity contribution in [2.45, 2.75) is 0 Å². The average molecular weight is 625 g/mol. The van der Waals surface area contributed by atoms with E-state index in [9.17, 15) is 0 Å². The van der Waals surface area contributed by atoms with Gasteiger partial charge in [-0.3, -0.25) is 0 Å². The predicted octanol–water partition coefficient (Wildman–Crippen LogP) is 12.6. The average Bonchev–Trinajstić information content (AvgIpc) is 3.82. The van der Waals surface area contributed by atoms with Gasteiger partial charge in [-0.05, 0) is 82.6 Å². The number of benzene rings is 8. The molecular weight excluding hydrogens is 597 g/mol. The number of para-hydroxylation sites is 2. The predicted molar refractivity (Wildman–Crippen MR) is 205 cm³/mol. The Balaban J connectivity index is 1.29. The molecule has 49 heavy (non-hydrogen) atoms. The number of hydrogen-bond donors (Lipinski definition) is 0. The Bertz CT molecular complexity index is 3090. The second-order valence-electron chi connectivity index (χ2n) is 12.9. The molecule has 0 fully saturated rings. The minimum absolute atomic E-state index is 0.910. The lowest BCUT2D eigenvalue weighted by molar-refractivity contribution is 0.673. The fraction of sp³-hybridized carbons (Fsp3) is 0. The summed E-state index contributed by atoms with van der Waals surface area (Å²) in [6.07, 6.45) is 0. The van der Waals surface area contributed by atoms with E-state index >= 15 is 0 Å². The molecule has 11 rings (SSSR count). The minimum Gasteiger partial charge on any atom is -0.455 e. The summed E-state index contributed by atoms with van der Waals surface area (Å²) >= 11 is 0. The molecule has 0 atom stereocenters. The van der Waals surface area contributed by atoms with Crippen LogP contribution in [-0.2, 0) is 0 Å². The van der Waals surface area contributed by atoms with E-state index in [0.29, 0.717) is 0 Å². The van der Waals surface area contributed by atoms with Crippen molar-refractivity contribution < 1.29 is 4.42 Å². The maximum absolute atomic E-state index is 6.70. The van der Waals surface area contributed by atoms with Crippen molar-refractivity contribution in [2.75, 3.05) is 0 Å². The Morgan fingerprint density at radius 1 is 0.367 bits per heavy atom. The molecule has 3 heteroatoms. The third-order valence-electron chi connectivity index (χ3n) is 10.3. The summed E-state index contributed by atoms with van der Waals surface area (Å²) in [4.78, 5) is 0. The van der Waals surface area contributed by atoms with Gasteiger partial charge in [-0.25, -0.2) is 0 Å². The molecule has 0 unspecified atom stereocenters. The largest absolute Gasteiger partial charge is 0.455 e. The Morgan fingerprint density at radius 3 is 1.88 bits per heavy atom. The van der Waals surface area contributed by atoms with Gasteiger partial charge >= 0.3 is 0 Å². The Morgan fingerprint density at radius 2 is 1.02 bits per heavy atom. The van der Waals surface area contributed by atoms with Crippen LogP contribution < -0.4 is 0 Å². The molecule has 228 valence electrons. The van der Waals surface area contributed by atoms with Gasteiger partial charge in [-0.15, -0.1) is 0 Å². The van der Waals surface area contributed by atoms with Crippen LogP contribution in [0.15, 0.2) is 174 Å². The third-order valence-corrected chi connectivity index (χ3v) is 10.3. The van der Waals surface area contributed by atoms with Gasteiger partial charge in [0.1, 0.15) is 11.2 Å². The molecule has 3 aromatic heterocycles. The molecule has 0 aliphatic carbocycles. The monoisotopic (exact) mass is 624 g/mol. The van der Waals surface area contributed by atoms with Gasteiger partial charge in [0.05, 0.1) is 27.5 Å². The zero-order valence-corrected chi connectivity index (χ0v) is 26.5. The van der Waals surface area contributed by atoms with Gasteiger partial charge < -0.3 is 13.6 Å². The quantitative estimate of drug-likeness (QED) is 0.192. The highest BCUT2D eigenvalue weighted by Gasteiger charge is 2.23. The molecule has 0 N–H and O–H groups in total. The maximum atomic E-state index is 6.70. The molecule has 0 spiro atoms. The second kappa shape index (κ2) is 9.96. The summed E-state index contributed by atoms with van der Waals surface area (Å²) in [6, 6.07) is 61.2. The fourth-order valence-corrected chi connectivity index (χ4v) is 8.12. The van der Waals surface area contributed by atoms with Crippen LogP contribution in [0, 0.1) is 0 Å². The smallest absolute Gasteiger partial charge is 0.145 e. The van der Waals surface area contributed by atoms with E-state index in [1.54, 1.807) is 0 Å². The van der Waals surface area contributed by atoms with Gasteiger partial charge in [0.25, 0.3) is 0 Å². The van der Waals surface area contributed by atoms with Gasteiger partial charge in [-0.1, -0.05) is 109 Å². The fourth-order valence-electron chi connectivity index (χ4n) is 8.12. The zero-order chi connectivity index (χ0) is 32.1. The van der Waals surface area contributed by atoms with Gasteiger partial charge in [0.2, 0.25) is 0 Å². The van der Waals surface area contributed by atoms with Crippen LogP contribution >= 0.6 is 0 Å². The SMILES string of the molecule is c1ccc(-c2ccc(-n3c4ccccc4c4c3ccc3c5c6oc7ccccc7c6ccc5n(-c5ccc6ccccc6c5)c34)cc2)cc1. The first-order chi connectivity index (χ1) is 24.3. The summed E-state index contributed by atoms with van der Waals surface area (Å²) < 4.78 is 11.6. The van der Waals surface area contributed by atoms with E-state index in [-0.39, 0.29) is 0 Å². The molecule has 3 heterocycles. The lowest BCUT2D eigenvalue weighted by Gasteiger charge is -2.11. The van der Waals surface area contributed by atoms with E-state index in [1.807, 2.05) is 6.07 Å². The van der Waals surface area contributed by atoms with E-state index in [1.165, 1.54) is 54.6 Å². The first-order valence-electron chi connectivity index (χ1n) is 16.8. The molecule has 0 radical (unpaired) electrons. The summed E-state index contributed by atoms with van der Waals surface area (Å²) in [5.41, 5.74) is 11.2. The highest BCUT2D eigenvalue weighted by atomic mass is 16.3. The zero-order valence-electron chi connectivity index (χ0n) is 26.5. The highest BCUT2D eigenvalue weighted by molar-refractivity contribution is 6.31. The number of fused-ring (bicyclic) bond motifs is 12. The third kappa shape index (κ3) is 3.73. The van der Waals surface area contributed by atoms with Gasteiger partial charge in [-0.2, -0.15) is 0 Å². The Labute approximate surface area is 281 Å². The summed E-state index contributed by atoms with van der Waals surface area (Å²) in [5.74, 6) is 0. The van der Waals surface area contributed by atoms with Crippen molar-refractivity contribution in [3.8, 4) is 22.5 Å². The van der Waals surface area contributed by atoms with E-state index in [2.05, 4.69) is 173 Å². The minimum atomic E-state index is 0.910.